The average Bonchev–Trinajstić information content (AvgIpc) is 3.39. The van der Waals surface area contributed by atoms with Crippen LogP contribution < -0.4 is 10.1 Å². The first-order chi connectivity index (χ1) is 15.0. The highest BCUT2D eigenvalue weighted by molar-refractivity contribution is 7.18. The van der Waals surface area contributed by atoms with E-state index >= 15 is 0 Å². The van der Waals surface area contributed by atoms with Crippen molar-refractivity contribution in [3.8, 4) is 17.0 Å². The fourth-order valence-corrected chi connectivity index (χ4v) is 4.41. The molecule has 2 aromatic heterocycles. The van der Waals surface area contributed by atoms with Gasteiger partial charge in [-0.3, -0.25) is 14.9 Å². The molecular formula is C23H19N3O3S2. The number of carbonyl (C=O) groups is 2. The molecule has 0 unspecified atom stereocenters. The number of aromatic nitrogens is 2. The van der Waals surface area contributed by atoms with Crippen LogP contribution in [0.5, 0.6) is 5.75 Å². The number of anilines is 1. The Balaban J connectivity index is 1.50. The molecule has 2 aromatic carbocycles. The Morgan fingerprint density at radius 3 is 2.58 bits per heavy atom. The van der Waals surface area contributed by atoms with E-state index in [1.54, 1.807) is 35.6 Å². The van der Waals surface area contributed by atoms with Crippen LogP contribution in [0.4, 0.5) is 5.13 Å². The van der Waals surface area contributed by atoms with Crippen LogP contribution in [0.2, 0.25) is 0 Å². The molecular weight excluding hydrogens is 430 g/mol. The van der Waals surface area contributed by atoms with E-state index in [2.05, 4.69) is 15.3 Å². The zero-order chi connectivity index (χ0) is 21.8. The zero-order valence-corrected chi connectivity index (χ0v) is 18.5. The summed E-state index contributed by atoms with van der Waals surface area (Å²) in [5, 5.41) is 6.10. The van der Waals surface area contributed by atoms with E-state index in [-0.39, 0.29) is 11.7 Å². The first kappa shape index (κ1) is 20.9. The van der Waals surface area contributed by atoms with Gasteiger partial charge in [0.05, 0.1) is 21.3 Å². The maximum Gasteiger partial charge on any atom is 0.257 e. The quantitative estimate of drug-likeness (QED) is 0.371. The van der Waals surface area contributed by atoms with Crippen LogP contribution in [0.3, 0.4) is 0 Å². The Kier molecular flexibility index (Phi) is 6.20. The van der Waals surface area contributed by atoms with Crippen LogP contribution in [0.15, 0.2) is 60.0 Å². The average molecular weight is 450 g/mol. The Morgan fingerprint density at radius 2 is 1.87 bits per heavy atom. The summed E-state index contributed by atoms with van der Waals surface area (Å²) < 4.78 is 5.77. The minimum Gasteiger partial charge on any atom is -0.487 e. The van der Waals surface area contributed by atoms with E-state index < -0.39 is 0 Å². The molecule has 6 nitrogen and oxygen atoms in total. The van der Waals surface area contributed by atoms with Crippen molar-refractivity contribution in [3.05, 3.63) is 81.1 Å². The number of hydrogen-bond acceptors (Lipinski definition) is 7. The molecule has 0 fully saturated rings. The van der Waals surface area contributed by atoms with Crippen molar-refractivity contribution < 1.29 is 14.3 Å². The molecule has 8 heteroatoms. The van der Waals surface area contributed by atoms with Gasteiger partial charge < -0.3 is 4.74 Å². The fourth-order valence-electron chi connectivity index (χ4n) is 2.93. The second-order valence-corrected chi connectivity index (χ2v) is 8.81. The molecule has 4 aromatic rings. The summed E-state index contributed by atoms with van der Waals surface area (Å²) in [6, 6.07) is 16.4. The van der Waals surface area contributed by atoms with Crippen molar-refractivity contribution in [1.29, 1.82) is 0 Å². The van der Waals surface area contributed by atoms with Gasteiger partial charge in [-0.2, -0.15) is 0 Å². The molecule has 31 heavy (non-hydrogen) atoms. The second kappa shape index (κ2) is 9.20. The molecule has 2 heterocycles. The molecule has 1 amide bonds. The number of Topliss-reactive ketones (excluding diaryl/α,β-unsaturated/α-hetero) is 1. The lowest BCUT2D eigenvalue weighted by Gasteiger charge is -2.07. The van der Waals surface area contributed by atoms with Crippen LogP contribution in [0, 0.1) is 6.92 Å². The van der Waals surface area contributed by atoms with Gasteiger partial charge in [-0.05, 0) is 25.1 Å². The van der Waals surface area contributed by atoms with Crippen molar-refractivity contribution in [1.82, 2.24) is 9.97 Å². The third kappa shape index (κ3) is 5.04. The maximum absolute atomic E-state index is 12.8. The van der Waals surface area contributed by atoms with E-state index in [0.717, 1.165) is 16.3 Å². The van der Waals surface area contributed by atoms with Gasteiger partial charge >= 0.3 is 0 Å². The molecule has 156 valence electrons. The number of benzene rings is 2. The molecule has 0 aliphatic rings. The smallest absolute Gasteiger partial charge is 0.257 e. The third-order valence-corrected chi connectivity index (χ3v) is 6.26. The lowest BCUT2D eigenvalue weighted by molar-refractivity contribution is 0.101. The molecule has 0 bridgehead atoms. The molecule has 1 N–H and O–H groups in total. The molecule has 0 radical (unpaired) electrons. The minimum atomic E-state index is -0.321. The predicted octanol–water partition coefficient (Wildman–Crippen LogP) is 5.61. The van der Waals surface area contributed by atoms with Crippen LogP contribution in [0.1, 0.15) is 37.7 Å². The number of nitrogens with zero attached hydrogens (tertiary/aromatic N) is 2. The first-order valence-electron chi connectivity index (χ1n) is 9.52. The summed E-state index contributed by atoms with van der Waals surface area (Å²) in [4.78, 5) is 34.2. The van der Waals surface area contributed by atoms with Crippen molar-refractivity contribution in [3.63, 3.8) is 0 Å². The molecule has 4 rings (SSSR count). The van der Waals surface area contributed by atoms with E-state index in [9.17, 15) is 9.59 Å². The minimum absolute atomic E-state index is 0.0930. The van der Waals surface area contributed by atoms with Crippen LogP contribution in [-0.4, -0.2) is 21.7 Å². The topological polar surface area (TPSA) is 81.2 Å². The van der Waals surface area contributed by atoms with Gasteiger partial charge in [0.2, 0.25) is 0 Å². The van der Waals surface area contributed by atoms with E-state index in [1.807, 2.05) is 42.6 Å². The predicted molar refractivity (Wildman–Crippen MR) is 123 cm³/mol. The number of thiazole rings is 2. The van der Waals surface area contributed by atoms with Gasteiger partial charge in [0, 0.05) is 23.4 Å². The van der Waals surface area contributed by atoms with Gasteiger partial charge in [0.25, 0.3) is 5.91 Å². The highest BCUT2D eigenvalue weighted by Gasteiger charge is 2.18. The number of ketones is 1. The highest BCUT2D eigenvalue weighted by Crippen LogP contribution is 2.31. The number of hydrogen-bond donors (Lipinski definition) is 1. The Bertz CT molecular complexity index is 1230. The van der Waals surface area contributed by atoms with Gasteiger partial charge in [0.15, 0.2) is 10.9 Å². The molecule has 0 atom stereocenters. The van der Waals surface area contributed by atoms with Gasteiger partial charge in [-0.25, -0.2) is 9.97 Å². The van der Waals surface area contributed by atoms with E-state index in [1.165, 1.54) is 18.3 Å². The Hall–Kier alpha value is -3.36. The number of rotatable bonds is 7. The number of ether oxygens (including phenoxy) is 1. The fraction of sp³-hybridized carbons (Fsp3) is 0.130. The van der Waals surface area contributed by atoms with E-state index in [4.69, 9.17) is 4.74 Å². The molecule has 0 saturated carbocycles. The normalized spacial score (nSPS) is 10.6. The first-order valence-corrected chi connectivity index (χ1v) is 11.2. The number of aryl methyl sites for hydroxylation is 1. The molecule has 0 spiro atoms. The third-order valence-electron chi connectivity index (χ3n) is 4.36. The van der Waals surface area contributed by atoms with Crippen molar-refractivity contribution in [2.45, 2.75) is 20.5 Å². The maximum atomic E-state index is 12.8. The largest absolute Gasteiger partial charge is 0.487 e. The zero-order valence-electron chi connectivity index (χ0n) is 16.9. The lowest BCUT2D eigenvalue weighted by atomic mass is 10.1. The summed E-state index contributed by atoms with van der Waals surface area (Å²) in [5.74, 6) is 0.162. The Labute approximate surface area is 187 Å². The van der Waals surface area contributed by atoms with Gasteiger partial charge in [-0.15, -0.1) is 11.3 Å². The molecule has 0 aliphatic heterocycles. The van der Waals surface area contributed by atoms with Crippen molar-refractivity contribution >= 4 is 39.5 Å². The van der Waals surface area contributed by atoms with Gasteiger partial charge in [0.1, 0.15) is 12.4 Å². The second-order valence-electron chi connectivity index (χ2n) is 6.75. The summed E-state index contributed by atoms with van der Waals surface area (Å²) in [5.41, 5.74) is 2.69. The Morgan fingerprint density at radius 1 is 1.06 bits per heavy atom. The van der Waals surface area contributed by atoms with Crippen molar-refractivity contribution in [2.24, 2.45) is 0 Å². The summed E-state index contributed by atoms with van der Waals surface area (Å²) >= 11 is 2.74. The number of nitrogens with one attached hydrogen (secondary N) is 1. The summed E-state index contributed by atoms with van der Waals surface area (Å²) in [6.07, 6.45) is 0. The standard InChI is InChI=1S/C23H19N3O3S2/c1-14(27)21-20(16-7-4-3-5-8-16)25-23(31-21)26-22(28)17-9-6-10-19(11-17)29-12-18-13-30-15(2)24-18/h3-11,13H,12H2,1-2H3,(H,25,26,28). The summed E-state index contributed by atoms with van der Waals surface area (Å²) in [7, 11) is 0. The molecule has 0 aliphatic carbocycles. The highest BCUT2D eigenvalue weighted by atomic mass is 32.1. The summed E-state index contributed by atoms with van der Waals surface area (Å²) in [6.45, 7) is 3.78. The number of amides is 1. The van der Waals surface area contributed by atoms with Crippen LogP contribution >= 0.6 is 22.7 Å². The number of carbonyl (C=O) groups excluding carboxylic acids is 2. The van der Waals surface area contributed by atoms with Crippen LogP contribution in [-0.2, 0) is 6.61 Å². The lowest BCUT2D eigenvalue weighted by Crippen LogP contribution is -2.11. The van der Waals surface area contributed by atoms with Crippen LogP contribution in [0.25, 0.3) is 11.3 Å². The molecule has 0 saturated heterocycles. The SMILES string of the molecule is CC(=O)c1sc(NC(=O)c2cccc(OCc3csc(C)n3)c2)nc1-c1ccccc1. The van der Waals surface area contributed by atoms with Gasteiger partial charge in [-0.1, -0.05) is 47.7 Å². The van der Waals surface area contributed by atoms with E-state index in [0.29, 0.717) is 33.6 Å². The monoisotopic (exact) mass is 449 g/mol. The van der Waals surface area contributed by atoms with Crippen molar-refractivity contribution in [2.75, 3.05) is 5.32 Å².